The molecule has 4 nitrogen and oxygen atoms in total. The van der Waals surface area contributed by atoms with Gasteiger partial charge in [-0.2, -0.15) is 0 Å². The van der Waals surface area contributed by atoms with Crippen LogP contribution in [0, 0.1) is 6.92 Å². The molecule has 0 radical (unpaired) electrons. The largest absolute Gasteiger partial charge is 0.452 e. The molecule has 2 aromatic carbocycles. The fourth-order valence-electron chi connectivity index (χ4n) is 1.88. The van der Waals surface area contributed by atoms with E-state index >= 15 is 0 Å². The highest BCUT2D eigenvalue weighted by Gasteiger charge is 2.09. The lowest BCUT2D eigenvalue weighted by molar-refractivity contribution is -0.142. The summed E-state index contributed by atoms with van der Waals surface area (Å²) >= 11 is 6.02. The van der Waals surface area contributed by atoms with Crippen LogP contribution in [0.2, 0.25) is 5.02 Å². The SMILES string of the molecule is Cc1cccc(Cl)c1NC(=O)COC(=O)C=Cc1ccccc1. The number of amides is 1. The number of para-hydroxylation sites is 1. The second-order valence-electron chi connectivity index (χ2n) is 4.83. The number of anilines is 1. The van der Waals surface area contributed by atoms with Crippen LogP contribution in [-0.2, 0) is 14.3 Å². The minimum Gasteiger partial charge on any atom is -0.452 e. The molecule has 23 heavy (non-hydrogen) atoms. The first-order valence-electron chi connectivity index (χ1n) is 7.01. The number of carbonyl (C=O) groups is 2. The van der Waals surface area contributed by atoms with E-state index in [-0.39, 0.29) is 6.61 Å². The predicted octanol–water partition coefficient (Wildman–Crippen LogP) is 3.84. The van der Waals surface area contributed by atoms with Crippen molar-refractivity contribution in [1.82, 2.24) is 0 Å². The molecule has 0 saturated heterocycles. The second kappa shape index (κ2) is 8.15. The van der Waals surface area contributed by atoms with E-state index in [1.54, 1.807) is 18.2 Å². The lowest BCUT2D eigenvalue weighted by Crippen LogP contribution is -2.20. The third-order valence-corrected chi connectivity index (χ3v) is 3.36. The number of nitrogens with one attached hydrogen (secondary N) is 1. The zero-order chi connectivity index (χ0) is 16.7. The number of hydrogen-bond acceptors (Lipinski definition) is 3. The third-order valence-electron chi connectivity index (χ3n) is 3.04. The van der Waals surface area contributed by atoms with E-state index in [9.17, 15) is 9.59 Å². The highest BCUT2D eigenvalue weighted by molar-refractivity contribution is 6.33. The van der Waals surface area contributed by atoms with E-state index in [4.69, 9.17) is 16.3 Å². The van der Waals surface area contributed by atoms with Gasteiger partial charge in [-0.1, -0.05) is 54.1 Å². The van der Waals surface area contributed by atoms with Crippen LogP contribution in [0.15, 0.2) is 54.6 Å². The Morgan fingerprint density at radius 2 is 1.87 bits per heavy atom. The molecule has 118 valence electrons. The fourth-order valence-corrected chi connectivity index (χ4v) is 2.15. The molecule has 0 aliphatic heterocycles. The second-order valence-corrected chi connectivity index (χ2v) is 5.24. The Morgan fingerprint density at radius 1 is 1.13 bits per heavy atom. The number of carbonyl (C=O) groups excluding carboxylic acids is 2. The van der Waals surface area contributed by atoms with Gasteiger partial charge in [-0.3, -0.25) is 4.79 Å². The van der Waals surface area contributed by atoms with E-state index in [2.05, 4.69) is 5.32 Å². The zero-order valence-electron chi connectivity index (χ0n) is 12.6. The molecule has 2 aromatic rings. The van der Waals surface area contributed by atoms with Gasteiger partial charge in [0.25, 0.3) is 5.91 Å². The van der Waals surface area contributed by atoms with E-state index in [0.29, 0.717) is 10.7 Å². The van der Waals surface area contributed by atoms with Crippen LogP contribution in [-0.4, -0.2) is 18.5 Å². The summed E-state index contributed by atoms with van der Waals surface area (Å²) in [4.78, 5) is 23.4. The Hall–Kier alpha value is -2.59. The van der Waals surface area contributed by atoms with Gasteiger partial charge >= 0.3 is 5.97 Å². The number of benzene rings is 2. The van der Waals surface area contributed by atoms with Crippen molar-refractivity contribution in [1.29, 1.82) is 0 Å². The van der Waals surface area contributed by atoms with Crippen molar-refractivity contribution in [3.63, 3.8) is 0 Å². The smallest absolute Gasteiger partial charge is 0.331 e. The minimum atomic E-state index is -0.583. The Bertz CT molecular complexity index is 706. The van der Waals surface area contributed by atoms with Gasteiger partial charge in [-0.05, 0) is 30.2 Å². The van der Waals surface area contributed by atoms with Crippen molar-refractivity contribution in [2.75, 3.05) is 11.9 Å². The van der Waals surface area contributed by atoms with E-state index < -0.39 is 11.9 Å². The monoisotopic (exact) mass is 329 g/mol. The summed E-state index contributed by atoms with van der Waals surface area (Å²) in [6.07, 6.45) is 2.90. The number of halogens is 1. The van der Waals surface area contributed by atoms with Crippen molar-refractivity contribution in [2.45, 2.75) is 6.92 Å². The van der Waals surface area contributed by atoms with Gasteiger partial charge in [-0.15, -0.1) is 0 Å². The maximum atomic E-state index is 11.8. The Labute approximate surface area is 139 Å². The molecular weight excluding hydrogens is 314 g/mol. The lowest BCUT2D eigenvalue weighted by atomic mass is 10.2. The van der Waals surface area contributed by atoms with Gasteiger partial charge in [0.15, 0.2) is 6.61 Å². The van der Waals surface area contributed by atoms with Gasteiger partial charge in [0.1, 0.15) is 0 Å². The summed E-state index contributed by atoms with van der Waals surface area (Å²) in [6, 6.07) is 14.6. The summed E-state index contributed by atoms with van der Waals surface area (Å²) in [5.74, 6) is -1.03. The van der Waals surface area contributed by atoms with Crippen molar-refractivity contribution in [3.05, 3.63) is 70.8 Å². The van der Waals surface area contributed by atoms with E-state index in [1.807, 2.05) is 43.3 Å². The number of hydrogen-bond donors (Lipinski definition) is 1. The zero-order valence-corrected chi connectivity index (χ0v) is 13.3. The summed E-state index contributed by atoms with van der Waals surface area (Å²) < 4.78 is 4.90. The average Bonchev–Trinajstić information content (AvgIpc) is 2.55. The molecule has 0 aliphatic rings. The van der Waals surface area contributed by atoms with Crippen LogP contribution in [0.25, 0.3) is 6.08 Å². The molecule has 0 fully saturated rings. The van der Waals surface area contributed by atoms with Crippen molar-refractivity contribution in [2.24, 2.45) is 0 Å². The molecule has 0 saturated carbocycles. The van der Waals surface area contributed by atoms with Crippen LogP contribution in [0.1, 0.15) is 11.1 Å². The highest BCUT2D eigenvalue weighted by atomic mass is 35.5. The first-order chi connectivity index (χ1) is 11.1. The van der Waals surface area contributed by atoms with Crippen LogP contribution in [0.5, 0.6) is 0 Å². The van der Waals surface area contributed by atoms with Gasteiger partial charge in [-0.25, -0.2) is 4.79 Å². The number of rotatable bonds is 5. The van der Waals surface area contributed by atoms with Gasteiger partial charge < -0.3 is 10.1 Å². The highest BCUT2D eigenvalue weighted by Crippen LogP contribution is 2.24. The van der Waals surface area contributed by atoms with E-state index in [0.717, 1.165) is 11.1 Å². The molecular formula is C18H16ClNO3. The third kappa shape index (κ3) is 5.27. The van der Waals surface area contributed by atoms with Crippen molar-refractivity contribution >= 4 is 35.2 Å². The van der Waals surface area contributed by atoms with Gasteiger partial charge in [0, 0.05) is 6.08 Å². The van der Waals surface area contributed by atoms with Crippen molar-refractivity contribution < 1.29 is 14.3 Å². The molecule has 1 amide bonds. The number of esters is 1. The minimum absolute atomic E-state index is 0.372. The maximum absolute atomic E-state index is 11.8. The topological polar surface area (TPSA) is 55.4 Å². The van der Waals surface area contributed by atoms with Crippen LogP contribution in [0.4, 0.5) is 5.69 Å². The summed E-state index contributed by atoms with van der Waals surface area (Å²) in [7, 11) is 0. The molecule has 0 aromatic heterocycles. The molecule has 1 N–H and O–H groups in total. The first-order valence-corrected chi connectivity index (χ1v) is 7.39. The average molecular weight is 330 g/mol. The number of aryl methyl sites for hydroxylation is 1. The Kier molecular flexibility index (Phi) is 5.94. The van der Waals surface area contributed by atoms with Crippen LogP contribution >= 0.6 is 11.6 Å². The van der Waals surface area contributed by atoms with Crippen LogP contribution in [0.3, 0.4) is 0 Å². The van der Waals surface area contributed by atoms with Crippen molar-refractivity contribution in [3.8, 4) is 0 Å². The quantitative estimate of drug-likeness (QED) is 0.669. The van der Waals surface area contributed by atoms with Gasteiger partial charge in [0.05, 0.1) is 10.7 Å². The molecule has 0 spiro atoms. The first kappa shape index (κ1) is 16.8. The summed E-state index contributed by atoms with van der Waals surface area (Å²) in [5.41, 5.74) is 2.23. The summed E-state index contributed by atoms with van der Waals surface area (Å²) in [6.45, 7) is 1.46. The van der Waals surface area contributed by atoms with Gasteiger partial charge in [0.2, 0.25) is 0 Å². The molecule has 5 heteroatoms. The predicted molar refractivity (Wildman–Crippen MR) is 91.3 cm³/mol. The molecule has 0 atom stereocenters. The number of ether oxygens (including phenoxy) is 1. The lowest BCUT2D eigenvalue weighted by Gasteiger charge is -2.10. The normalized spacial score (nSPS) is 10.5. The Balaban J connectivity index is 1.85. The fraction of sp³-hybridized carbons (Fsp3) is 0.111. The molecule has 0 bridgehead atoms. The molecule has 2 rings (SSSR count). The summed E-state index contributed by atoms with van der Waals surface area (Å²) in [5, 5.41) is 3.07. The standard InChI is InChI=1S/C18H16ClNO3/c1-13-6-5-9-15(19)18(13)20-16(21)12-23-17(22)11-10-14-7-3-2-4-8-14/h2-11H,12H2,1H3,(H,20,21). The van der Waals surface area contributed by atoms with Crippen LogP contribution < -0.4 is 5.32 Å². The Morgan fingerprint density at radius 3 is 2.57 bits per heavy atom. The molecule has 0 aliphatic carbocycles. The molecule has 0 unspecified atom stereocenters. The van der Waals surface area contributed by atoms with E-state index in [1.165, 1.54) is 6.08 Å². The molecule has 0 heterocycles. The maximum Gasteiger partial charge on any atom is 0.331 e.